The molecule has 13 heteroatoms. The Morgan fingerprint density at radius 3 is 2.34 bits per heavy atom. The number of amides is 2. The van der Waals surface area contributed by atoms with E-state index in [0.29, 0.717) is 42.8 Å². The SMILES string of the molecule is O=C(OCc1ccc(OC(F)(F)F)cc1)N1CC2CN(C(=O)c3cc4nn[nH]c4cc3F)CC2C1. The summed E-state index contributed by atoms with van der Waals surface area (Å²) in [6, 6.07) is 7.61. The largest absolute Gasteiger partial charge is 0.573 e. The van der Waals surface area contributed by atoms with Crippen LogP contribution in [0.3, 0.4) is 0 Å². The number of carbonyl (C=O) groups is 2. The van der Waals surface area contributed by atoms with Crippen LogP contribution in [0.15, 0.2) is 36.4 Å². The molecule has 3 heterocycles. The fraction of sp³-hybridized carbons (Fsp3) is 0.364. The predicted molar refractivity (Wildman–Crippen MR) is 112 cm³/mol. The van der Waals surface area contributed by atoms with Gasteiger partial charge in [-0.15, -0.1) is 18.3 Å². The van der Waals surface area contributed by atoms with Gasteiger partial charge in [-0.2, -0.15) is 0 Å². The van der Waals surface area contributed by atoms with Crippen molar-refractivity contribution in [2.75, 3.05) is 26.2 Å². The van der Waals surface area contributed by atoms with Gasteiger partial charge in [0.1, 0.15) is 23.7 Å². The lowest BCUT2D eigenvalue weighted by Gasteiger charge is -2.22. The van der Waals surface area contributed by atoms with Crippen LogP contribution < -0.4 is 4.74 Å². The number of H-pyrrole nitrogens is 1. The molecule has 9 nitrogen and oxygen atoms in total. The zero-order valence-corrected chi connectivity index (χ0v) is 18.1. The standard InChI is InChI=1S/C22H19F4N5O4/c23-17-6-19-18(27-29-28-19)5-16(17)20(32)30-7-13-9-31(10-14(13)8-30)21(33)34-11-12-1-3-15(4-2-12)35-22(24,25)26/h1-6,13-14H,7-11H2,(H,27,28,29). The van der Waals surface area contributed by atoms with Crippen LogP contribution in [0, 0.1) is 17.7 Å². The number of hydrogen-bond donors (Lipinski definition) is 1. The van der Waals surface area contributed by atoms with Crippen molar-refractivity contribution in [1.29, 1.82) is 0 Å². The topological polar surface area (TPSA) is 101 Å². The van der Waals surface area contributed by atoms with Crippen LogP contribution >= 0.6 is 0 Å². The van der Waals surface area contributed by atoms with Crippen LogP contribution in [0.4, 0.5) is 22.4 Å². The molecule has 0 aliphatic carbocycles. The van der Waals surface area contributed by atoms with Gasteiger partial charge in [-0.05, 0) is 23.8 Å². The normalized spacial score (nSPS) is 19.8. The third kappa shape index (κ3) is 4.84. The van der Waals surface area contributed by atoms with Crippen molar-refractivity contribution >= 4 is 23.0 Å². The third-order valence-electron chi connectivity index (χ3n) is 6.19. The Balaban J connectivity index is 1.13. The molecule has 0 radical (unpaired) electrons. The Kier molecular flexibility index (Phi) is 5.69. The van der Waals surface area contributed by atoms with Crippen molar-refractivity contribution in [2.24, 2.45) is 11.8 Å². The van der Waals surface area contributed by atoms with E-state index >= 15 is 0 Å². The first-order valence-electron chi connectivity index (χ1n) is 10.7. The molecule has 2 atom stereocenters. The number of hydrogen-bond acceptors (Lipinski definition) is 6. The van der Waals surface area contributed by atoms with Crippen molar-refractivity contribution in [2.45, 2.75) is 13.0 Å². The van der Waals surface area contributed by atoms with E-state index in [4.69, 9.17) is 4.74 Å². The molecule has 3 aromatic rings. The summed E-state index contributed by atoms with van der Waals surface area (Å²) in [5.74, 6) is -1.39. The smallest absolute Gasteiger partial charge is 0.445 e. The molecular formula is C22H19F4N5O4. The maximum atomic E-state index is 14.4. The van der Waals surface area contributed by atoms with E-state index in [1.807, 2.05) is 0 Å². The average Bonchev–Trinajstić information content (AvgIpc) is 3.51. The Bertz CT molecular complexity index is 1250. The first kappa shape index (κ1) is 22.9. The molecule has 2 unspecified atom stereocenters. The number of ether oxygens (including phenoxy) is 2. The lowest BCUT2D eigenvalue weighted by molar-refractivity contribution is -0.274. The zero-order chi connectivity index (χ0) is 24.7. The number of rotatable bonds is 4. The van der Waals surface area contributed by atoms with Crippen LogP contribution in [0.1, 0.15) is 15.9 Å². The number of alkyl halides is 3. The zero-order valence-electron chi connectivity index (χ0n) is 18.1. The second kappa shape index (κ2) is 8.71. The van der Waals surface area contributed by atoms with Gasteiger partial charge < -0.3 is 19.3 Å². The van der Waals surface area contributed by atoms with Gasteiger partial charge in [-0.25, -0.2) is 9.18 Å². The first-order chi connectivity index (χ1) is 16.7. The molecule has 2 aliphatic rings. The van der Waals surface area contributed by atoms with Crippen LogP contribution in [0.2, 0.25) is 0 Å². The molecular weight excluding hydrogens is 474 g/mol. The van der Waals surface area contributed by atoms with Crippen LogP contribution in [0.25, 0.3) is 11.0 Å². The number of fused-ring (bicyclic) bond motifs is 2. The molecule has 0 saturated carbocycles. The fourth-order valence-corrected chi connectivity index (χ4v) is 4.53. The monoisotopic (exact) mass is 493 g/mol. The minimum absolute atomic E-state index is 0.0316. The lowest BCUT2D eigenvalue weighted by atomic mass is 10.0. The minimum atomic E-state index is -4.78. The molecule has 0 spiro atoms. The molecule has 5 rings (SSSR count). The summed E-state index contributed by atoms with van der Waals surface area (Å²) < 4.78 is 60.2. The Morgan fingerprint density at radius 1 is 1.03 bits per heavy atom. The average molecular weight is 493 g/mol. The van der Waals surface area contributed by atoms with Crippen LogP contribution in [-0.2, 0) is 11.3 Å². The third-order valence-corrected chi connectivity index (χ3v) is 6.19. The van der Waals surface area contributed by atoms with Gasteiger partial charge in [-0.3, -0.25) is 9.89 Å². The van der Waals surface area contributed by atoms with Gasteiger partial charge in [0.25, 0.3) is 5.91 Å². The van der Waals surface area contributed by atoms with Crippen molar-refractivity contribution in [1.82, 2.24) is 25.2 Å². The Morgan fingerprint density at radius 2 is 1.69 bits per heavy atom. The van der Waals surface area contributed by atoms with Crippen molar-refractivity contribution in [3.8, 4) is 5.75 Å². The first-order valence-corrected chi connectivity index (χ1v) is 10.7. The van der Waals surface area contributed by atoms with Gasteiger partial charge in [0.2, 0.25) is 0 Å². The highest BCUT2D eigenvalue weighted by molar-refractivity contribution is 5.97. The number of aromatic amines is 1. The summed E-state index contributed by atoms with van der Waals surface area (Å²) in [6.45, 7) is 1.42. The van der Waals surface area contributed by atoms with E-state index < -0.39 is 24.2 Å². The molecule has 2 aromatic carbocycles. The molecule has 2 fully saturated rings. The van der Waals surface area contributed by atoms with E-state index in [2.05, 4.69) is 20.1 Å². The number of carbonyl (C=O) groups excluding carboxylic acids is 2. The van der Waals surface area contributed by atoms with Crippen molar-refractivity contribution in [3.05, 3.63) is 53.3 Å². The van der Waals surface area contributed by atoms with Gasteiger partial charge >= 0.3 is 12.5 Å². The molecule has 184 valence electrons. The van der Waals surface area contributed by atoms with Crippen LogP contribution in [0.5, 0.6) is 5.75 Å². The van der Waals surface area contributed by atoms with E-state index in [1.165, 1.54) is 24.3 Å². The number of likely N-dealkylation sites (tertiary alicyclic amines) is 2. The predicted octanol–water partition coefficient (Wildman–Crippen LogP) is 3.34. The lowest BCUT2D eigenvalue weighted by Crippen LogP contribution is -2.36. The van der Waals surface area contributed by atoms with Crippen molar-refractivity contribution < 1.29 is 36.6 Å². The summed E-state index contributed by atoms with van der Waals surface area (Å²) in [4.78, 5) is 28.5. The molecule has 0 bridgehead atoms. The van der Waals surface area contributed by atoms with E-state index in [-0.39, 0.29) is 29.8 Å². The fourth-order valence-electron chi connectivity index (χ4n) is 4.53. The van der Waals surface area contributed by atoms with Gasteiger partial charge in [0, 0.05) is 44.1 Å². The highest BCUT2D eigenvalue weighted by Crippen LogP contribution is 2.33. The molecule has 2 saturated heterocycles. The molecule has 2 aliphatic heterocycles. The molecule has 2 amide bonds. The number of nitrogens with zero attached hydrogens (tertiary/aromatic N) is 4. The second-order valence-corrected chi connectivity index (χ2v) is 8.54. The highest BCUT2D eigenvalue weighted by Gasteiger charge is 2.44. The summed E-state index contributed by atoms with van der Waals surface area (Å²) in [6.07, 6.45) is -5.32. The maximum absolute atomic E-state index is 14.4. The Hall–Kier alpha value is -3.90. The highest BCUT2D eigenvalue weighted by atomic mass is 19.4. The molecule has 35 heavy (non-hydrogen) atoms. The van der Waals surface area contributed by atoms with E-state index in [0.717, 1.165) is 12.1 Å². The molecule has 1 aromatic heterocycles. The maximum Gasteiger partial charge on any atom is 0.573 e. The summed E-state index contributed by atoms with van der Waals surface area (Å²) in [5.41, 5.74) is 1.23. The summed E-state index contributed by atoms with van der Waals surface area (Å²) >= 11 is 0. The van der Waals surface area contributed by atoms with Crippen molar-refractivity contribution in [3.63, 3.8) is 0 Å². The second-order valence-electron chi connectivity index (χ2n) is 8.54. The minimum Gasteiger partial charge on any atom is -0.445 e. The Labute approximate surface area is 195 Å². The van der Waals surface area contributed by atoms with E-state index in [9.17, 15) is 27.2 Å². The van der Waals surface area contributed by atoms with Gasteiger partial charge in [0.15, 0.2) is 0 Å². The van der Waals surface area contributed by atoms with Gasteiger partial charge in [-0.1, -0.05) is 17.3 Å². The van der Waals surface area contributed by atoms with Crippen LogP contribution in [-0.4, -0.2) is 69.8 Å². The number of aromatic nitrogens is 3. The number of nitrogens with one attached hydrogen (secondary N) is 1. The summed E-state index contributed by atoms with van der Waals surface area (Å²) in [7, 11) is 0. The van der Waals surface area contributed by atoms with Gasteiger partial charge in [0.05, 0.1) is 11.1 Å². The quantitative estimate of drug-likeness (QED) is 0.560. The number of benzene rings is 2. The number of halogens is 4. The summed E-state index contributed by atoms with van der Waals surface area (Å²) in [5, 5.41) is 9.97. The van der Waals surface area contributed by atoms with E-state index in [1.54, 1.807) is 9.80 Å². The molecule has 1 N–H and O–H groups in total.